The fourth-order valence-corrected chi connectivity index (χ4v) is 6.18. The molecular weight excluding hydrogens is 482 g/mol. The van der Waals surface area contributed by atoms with Crippen LogP contribution in [0, 0.1) is 5.92 Å². The number of carbonyl (C=O) groups is 2. The molecule has 35 heavy (non-hydrogen) atoms. The number of carbonyl (C=O) groups excluding carboxylic acids is 2. The molecule has 2 aromatic carbocycles. The number of fused-ring (bicyclic) bond motifs is 1. The quantitative estimate of drug-likeness (QED) is 0.484. The van der Waals surface area contributed by atoms with Gasteiger partial charge in [-0.05, 0) is 29.2 Å². The molecule has 1 aliphatic rings. The van der Waals surface area contributed by atoms with Gasteiger partial charge in [0.15, 0.2) is 15.0 Å². The first-order valence-electron chi connectivity index (χ1n) is 11.6. The molecule has 7 nitrogen and oxygen atoms in total. The van der Waals surface area contributed by atoms with Crippen molar-refractivity contribution in [2.75, 3.05) is 11.1 Å². The predicted octanol–water partition coefficient (Wildman–Crippen LogP) is 4.40. The van der Waals surface area contributed by atoms with Gasteiger partial charge in [-0.3, -0.25) is 9.59 Å². The summed E-state index contributed by atoms with van der Waals surface area (Å²) in [4.78, 5) is 33.5. The van der Waals surface area contributed by atoms with Gasteiger partial charge in [0.1, 0.15) is 0 Å². The van der Waals surface area contributed by atoms with Crippen LogP contribution in [-0.4, -0.2) is 35.9 Å². The highest BCUT2D eigenvalue weighted by Gasteiger charge is 2.38. The summed E-state index contributed by atoms with van der Waals surface area (Å²) in [6.45, 7) is 6.24. The van der Waals surface area contributed by atoms with E-state index in [1.54, 1.807) is 19.1 Å². The number of sulfone groups is 1. The highest BCUT2D eigenvalue weighted by molar-refractivity contribution is 7.91. The third-order valence-corrected chi connectivity index (χ3v) is 8.80. The summed E-state index contributed by atoms with van der Waals surface area (Å²) >= 11 is 1.40. The number of thiazole rings is 1. The third-order valence-electron chi connectivity index (χ3n) is 6.08. The Kier molecular flexibility index (Phi) is 7.37. The van der Waals surface area contributed by atoms with Gasteiger partial charge in [-0.1, -0.05) is 74.6 Å². The van der Waals surface area contributed by atoms with Crippen LogP contribution in [0.25, 0.3) is 0 Å². The number of aromatic nitrogens is 1. The molecule has 184 valence electrons. The molecule has 9 heteroatoms. The minimum absolute atomic E-state index is 0.0359. The largest absolute Gasteiger partial charge is 0.328 e. The molecule has 0 radical (unpaired) electrons. The van der Waals surface area contributed by atoms with Crippen molar-refractivity contribution in [2.45, 2.75) is 51.1 Å². The van der Waals surface area contributed by atoms with Crippen LogP contribution in [0.5, 0.6) is 0 Å². The fourth-order valence-electron chi connectivity index (χ4n) is 4.28. The van der Waals surface area contributed by atoms with E-state index in [2.05, 4.69) is 24.1 Å². The lowest BCUT2D eigenvalue weighted by Gasteiger charge is -2.28. The first-order chi connectivity index (χ1) is 16.7. The molecule has 0 fully saturated rings. The van der Waals surface area contributed by atoms with Crippen molar-refractivity contribution in [3.05, 3.63) is 76.3 Å². The van der Waals surface area contributed by atoms with Crippen LogP contribution < -0.4 is 5.32 Å². The minimum atomic E-state index is -3.27. The van der Waals surface area contributed by atoms with Crippen molar-refractivity contribution in [2.24, 2.45) is 5.92 Å². The zero-order chi connectivity index (χ0) is 25.2. The van der Waals surface area contributed by atoms with E-state index in [0.717, 1.165) is 21.7 Å². The number of hydrogen-bond acceptors (Lipinski definition) is 6. The maximum absolute atomic E-state index is 13.1. The molecule has 0 bridgehead atoms. The molecule has 0 saturated carbocycles. The molecule has 1 atom stereocenters. The topological polar surface area (TPSA) is 96.4 Å². The molecule has 0 spiro atoms. The molecule has 2 amide bonds. The molecule has 0 saturated heterocycles. The second kappa shape index (κ2) is 10.3. The van der Waals surface area contributed by atoms with Crippen molar-refractivity contribution < 1.29 is 18.0 Å². The van der Waals surface area contributed by atoms with Gasteiger partial charge in [-0.2, -0.15) is 0 Å². The summed E-state index contributed by atoms with van der Waals surface area (Å²) in [5.74, 6) is 0.0640. The molecule has 3 aromatic rings. The minimum Gasteiger partial charge on any atom is -0.328 e. The van der Waals surface area contributed by atoms with Gasteiger partial charge < -0.3 is 10.2 Å². The van der Waals surface area contributed by atoms with E-state index in [-0.39, 0.29) is 40.8 Å². The van der Waals surface area contributed by atoms with Crippen LogP contribution in [0.3, 0.4) is 0 Å². The average molecular weight is 512 g/mol. The molecule has 1 aliphatic heterocycles. The Bertz CT molecular complexity index is 1320. The summed E-state index contributed by atoms with van der Waals surface area (Å²) in [5, 5.41) is 3.39. The van der Waals surface area contributed by atoms with Crippen molar-refractivity contribution in [3.63, 3.8) is 0 Å². The van der Waals surface area contributed by atoms with Crippen LogP contribution in [0.1, 0.15) is 48.5 Å². The molecule has 4 rings (SSSR count). The molecule has 0 unspecified atom stereocenters. The Morgan fingerprint density at radius 1 is 1.06 bits per heavy atom. The first kappa shape index (κ1) is 25.1. The number of nitrogens with zero attached hydrogens (tertiary/aromatic N) is 2. The second-order valence-corrected chi connectivity index (χ2v) is 12.3. The number of amides is 2. The van der Waals surface area contributed by atoms with Gasteiger partial charge in [-0.15, -0.1) is 0 Å². The van der Waals surface area contributed by atoms with Gasteiger partial charge in [0.2, 0.25) is 11.8 Å². The summed E-state index contributed by atoms with van der Waals surface area (Å²) in [6.07, 6.45) is 0.465. The standard InChI is InChI=1S/C26H29N3O4S2/c1-4-35(32,33)20-12-10-19(11-13-20)14-22(30)27-26-28-24-21(34-26)16-29(25(24)17(2)3)23(31)15-18-8-6-5-7-9-18/h5-13,17,25H,4,14-16H2,1-3H3,(H,27,28,30)/t25-/m1/s1. The second-order valence-electron chi connectivity index (χ2n) is 8.97. The summed E-state index contributed by atoms with van der Waals surface area (Å²) < 4.78 is 23.9. The van der Waals surface area contributed by atoms with Gasteiger partial charge in [-0.25, -0.2) is 13.4 Å². The van der Waals surface area contributed by atoms with Crippen molar-refractivity contribution >= 4 is 38.1 Å². The number of nitrogens with one attached hydrogen (secondary N) is 1. The Labute approximate surface area is 210 Å². The average Bonchev–Trinajstić information content (AvgIpc) is 3.37. The number of anilines is 1. The maximum atomic E-state index is 13.1. The van der Waals surface area contributed by atoms with E-state index >= 15 is 0 Å². The molecule has 1 aromatic heterocycles. The van der Waals surface area contributed by atoms with Crippen LogP contribution >= 0.6 is 11.3 Å². The van der Waals surface area contributed by atoms with Gasteiger partial charge in [0, 0.05) is 0 Å². The zero-order valence-corrected chi connectivity index (χ0v) is 21.7. The van der Waals surface area contributed by atoms with E-state index in [0.29, 0.717) is 18.1 Å². The lowest BCUT2D eigenvalue weighted by atomic mass is 10.0. The monoisotopic (exact) mass is 511 g/mol. The van der Waals surface area contributed by atoms with E-state index in [4.69, 9.17) is 0 Å². The van der Waals surface area contributed by atoms with Crippen LogP contribution in [-0.2, 0) is 38.8 Å². The van der Waals surface area contributed by atoms with Gasteiger partial charge in [0.25, 0.3) is 0 Å². The number of rotatable bonds is 8. The van der Waals surface area contributed by atoms with Crippen LogP contribution in [0.15, 0.2) is 59.5 Å². The van der Waals surface area contributed by atoms with E-state index < -0.39 is 9.84 Å². The highest BCUT2D eigenvalue weighted by Crippen LogP contribution is 2.42. The first-order valence-corrected chi connectivity index (χ1v) is 14.1. The fraction of sp³-hybridized carbons (Fsp3) is 0.346. The molecule has 1 N–H and O–H groups in total. The Morgan fingerprint density at radius 3 is 2.34 bits per heavy atom. The Balaban J connectivity index is 1.42. The van der Waals surface area contributed by atoms with Gasteiger partial charge >= 0.3 is 0 Å². The molecular formula is C26H29N3O4S2. The van der Waals surface area contributed by atoms with Crippen molar-refractivity contribution in [1.29, 1.82) is 0 Å². The summed E-state index contributed by atoms with van der Waals surface area (Å²) in [6, 6.07) is 16.0. The van der Waals surface area contributed by atoms with E-state index in [1.165, 1.54) is 23.5 Å². The lowest BCUT2D eigenvalue weighted by Crippen LogP contribution is -2.33. The number of hydrogen-bond donors (Lipinski definition) is 1. The summed E-state index contributed by atoms with van der Waals surface area (Å²) in [7, 11) is -3.27. The Morgan fingerprint density at radius 2 is 1.71 bits per heavy atom. The van der Waals surface area contributed by atoms with E-state index in [1.807, 2.05) is 35.2 Å². The molecule has 0 aliphatic carbocycles. The predicted molar refractivity (Wildman–Crippen MR) is 137 cm³/mol. The normalized spacial score (nSPS) is 15.3. The SMILES string of the molecule is CCS(=O)(=O)c1ccc(CC(=O)Nc2nc3c(s2)CN(C(=O)Cc2ccccc2)[C@@H]3C(C)C)cc1. The summed E-state index contributed by atoms with van der Waals surface area (Å²) in [5.41, 5.74) is 2.56. The third kappa shape index (κ3) is 5.62. The highest BCUT2D eigenvalue weighted by atomic mass is 32.2. The van der Waals surface area contributed by atoms with Crippen LogP contribution in [0.4, 0.5) is 5.13 Å². The Hall–Kier alpha value is -3.04. The maximum Gasteiger partial charge on any atom is 0.230 e. The zero-order valence-electron chi connectivity index (χ0n) is 20.0. The number of benzene rings is 2. The smallest absolute Gasteiger partial charge is 0.230 e. The van der Waals surface area contributed by atoms with Crippen molar-refractivity contribution in [3.8, 4) is 0 Å². The van der Waals surface area contributed by atoms with Gasteiger partial charge in [0.05, 0.1) is 46.6 Å². The van der Waals surface area contributed by atoms with E-state index in [9.17, 15) is 18.0 Å². The van der Waals surface area contributed by atoms with Crippen LogP contribution in [0.2, 0.25) is 0 Å². The molecule has 2 heterocycles. The van der Waals surface area contributed by atoms with Crippen molar-refractivity contribution in [1.82, 2.24) is 9.88 Å². The lowest BCUT2D eigenvalue weighted by molar-refractivity contribution is -0.133.